The quantitative estimate of drug-likeness (QED) is 0.320. The number of hydrogen-bond donors (Lipinski definition) is 1. The number of benzene rings is 2. The Morgan fingerprint density at radius 3 is 2.53 bits per heavy atom. The molecule has 192 valence electrons. The number of aromatic nitrogens is 2. The van der Waals surface area contributed by atoms with Gasteiger partial charge >= 0.3 is 5.97 Å². The highest BCUT2D eigenvalue weighted by Gasteiger charge is 2.27. The van der Waals surface area contributed by atoms with Gasteiger partial charge in [0.2, 0.25) is 0 Å². The molecule has 1 aliphatic carbocycles. The molecule has 0 atom stereocenters. The third-order valence-corrected chi connectivity index (χ3v) is 7.70. The van der Waals surface area contributed by atoms with Gasteiger partial charge in [-0.3, -0.25) is 4.68 Å². The number of hydrogen-bond acceptors (Lipinski definition) is 4. The highest BCUT2D eigenvalue weighted by molar-refractivity contribution is 7.98. The molecule has 1 aromatic heterocycles. The first-order valence-corrected chi connectivity index (χ1v) is 14.1. The van der Waals surface area contributed by atoms with Gasteiger partial charge in [-0.25, -0.2) is 9.18 Å². The molecule has 0 unspecified atom stereocenters. The van der Waals surface area contributed by atoms with Gasteiger partial charge in [-0.05, 0) is 68.4 Å². The van der Waals surface area contributed by atoms with Crippen molar-refractivity contribution in [3.63, 3.8) is 0 Å². The second kappa shape index (κ2) is 12.5. The molecule has 0 aliphatic heterocycles. The third kappa shape index (κ3) is 6.37. The summed E-state index contributed by atoms with van der Waals surface area (Å²) in [7, 11) is 0. The minimum absolute atomic E-state index is 0.179. The Bertz CT molecular complexity index is 1160. The highest BCUT2D eigenvalue weighted by Crippen LogP contribution is 2.39. The van der Waals surface area contributed by atoms with Crippen LogP contribution >= 0.6 is 11.8 Å². The minimum atomic E-state index is -0.921. The maximum absolute atomic E-state index is 15.5. The Kier molecular flexibility index (Phi) is 9.21. The van der Waals surface area contributed by atoms with Crippen molar-refractivity contribution in [3.05, 3.63) is 65.6 Å². The van der Waals surface area contributed by atoms with E-state index in [-0.39, 0.29) is 12.4 Å². The molecule has 1 N–H and O–H groups in total. The first kappa shape index (κ1) is 26.4. The van der Waals surface area contributed by atoms with Crippen LogP contribution in [-0.4, -0.2) is 46.1 Å². The van der Waals surface area contributed by atoms with Gasteiger partial charge in [-0.2, -0.15) is 16.9 Å². The number of rotatable bonds is 11. The molecule has 0 amide bonds. The number of carboxylic acid groups (broad SMARTS) is 1. The van der Waals surface area contributed by atoms with Gasteiger partial charge in [0.05, 0.1) is 6.61 Å². The standard InChI is InChI=1S/C29H35FN2O3S/c1-20-7-6-10-24(28(20)30)27-25(15-16-36-2)32(31-29(27)23-8-4-3-5-9-23)17-21-11-13-22(14-12-21)18-35-19-26(33)34/h3-10,21-22H,11-19H2,1-2H3,(H,33,34). The van der Waals surface area contributed by atoms with Crippen molar-refractivity contribution in [2.45, 2.75) is 45.6 Å². The Morgan fingerprint density at radius 1 is 1.11 bits per heavy atom. The molecule has 0 spiro atoms. The fourth-order valence-electron chi connectivity index (χ4n) is 5.16. The van der Waals surface area contributed by atoms with E-state index in [0.717, 1.165) is 66.9 Å². The predicted molar refractivity (Wildman–Crippen MR) is 144 cm³/mol. The van der Waals surface area contributed by atoms with Crippen molar-refractivity contribution in [2.75, 3.05) is 25.2 Å². The van der Waals surface area contributed by atoms with Crippen molar-refractivity contribution < 1.29 is 19.0 Å². The molecule has 1 aliphatic rings. The molecule has 5 nitrogen and oxygen atoms in total. The maximum Gasteiger partial charge on any atom is 0.329 e. The molecule has 4 rings (SSSR count). The molecule has 7 heteroatoms. The van der Waals surface area contributed by atoms with Gasteiger partial charge in [0, 0.05) is 28.9 Å². The minimum Gasteiger partial charge on any atom is -0.480 e. The summed E-state index contributed by atoms with van der Waals surface area (Å²) in [5, 5.41) is 13.9. The van der Waals surface area contributed by atoms with Crippen LogP contribution in [0, 0.1) is 24.6 Å². The van der Waals surface area contributed by atoms with Crippen LogP contribution in [0.2, 0.25) is 0 Å². The Balaban J connectivity index is 1.64. The third-order valence-electron chi connectivity index (χ3n) is 7.09. The smallest absolute Gasteiger partial charge is 0.329 e. The monoisotopic (exact) mass is 510 g/mol. The predicted octanol–water partition coefficient (Wildman–Crippen LogP) is 6.48. The molecule has 2 aromatic carbocycles. The lowest BCUT2D eigenvalue weighted by Gasteiger charge is -2.28. The zero-order chi connectivity index (χ0) is 25.5. The molecule has 0 bridgehead atoms. The number of thioether (sulfide) groups is 1. The SMILES string of the molecule is CSCCc1c(-c2cccc(C)c2F)c(-c2ccccc2)nn1CC1CCC(COCC(=O)O)CC1. The lowest BCUT2D eigenvalue weighted by Crippen LogP contribution is -2.24. The molecule has 1 saturated carbocycles. The van der Waals surface area contributed by atoms with Crippen molar-refractivity contribution in [2.24, 2.45) is 11.8 Å². The summed E-state index contributed by atoms with van der Waals surface area (Å²) in [5.41, 5.74) is 5.10. The average Bonchev–Trinajstić information content (AvgIpc) is 3.23. The van der Waals surface area contributed by atoms with Gasteiger partial charge in [-0.15, -0.1) is 0 Å². The van der Waals surface area contributed by atoms with Crippen LogP contribution < -0.4 is 0 Å². The lowest BCUT2D eigenvalue weighted by atomic mass is 9.82. The topological polar surface area (TPSA) is 64.4 Å². The average molecular weight is 511 g/mol. The van der Waals surface area contributed by atoms with Gasteiger partial charge in [0.15, 0.2) is 0 Å². The van der Waals surface area contributed by atoms with Gasteiger partial charge in [0.25, 0.3) is 0 Å². The number of nitrogens with zero attached hydrogens (tertiary/aromatic N) is 2. The van der Waals surface area contributed by atoms with Crippen LogP contribution in [0.15, 0.2) is 48.5 Å². The van der Waals surface area contributed by atoms with Crippen molar-refractivity contribution in [1.82, 2.24) is 9.78 Å². The van der Waals surface area contributed by atoms with Gasteiger partial charge < -0.3 is 9.84 Å². The van der Waals surface area contributed by atoms with E-state index in [4.69, 9.17) is 14.9 Å². The summed E-state index contributed by atoms with van der Waals surface area (Å²) in [6.07, 6.45) is 7.07. The van der Waals surface area contributed by atoms with Crippen LogP contribution in [0.1, 0.15) is 36.9 Å². The van der Waals surface area contributed by atoms with Gasteiger partial charge in [-0.1, -0.05) is 48.5 Å². The summed E-state index contributed by atoms with van der Waals surface area (Å²) in [6.45, 7) is 2.90. The van der Waals surface area contributed by atoms with Crippen molar-refractivity contribution in [3.8, 4) is 22.4 Å². The second-order valence-corrected chi connectivity index (χ2v) is 10.7. The fraction of sp³-hybridized carbons (Fsp3) is 0.448. The first-order valence-electron chi connectivity index (χ1n) is 12.7. The molecule has 3 aromatic rings. The summed E-state index contributed by atoms with van der Waals surface area (Å²) < 4.78 is 22.9. The second-order valence-electron chi connectivity index (χ2n) is 9.69. The molecule has 0 radical (unpaired) electrons. The Morgan fingerprint density at radius 2 is 1.83 bits per heavy atom. The summed E-state index contributed by atoms with van der Waals surface area (Å²) in [6, 6.07) is 15.7. The van der Waals surface area contributed by atoms with E-state index in [0.29, 0.717) is 29.6 Å². The van der Waals surface area contributed by atoms with Crippen LogP contribution in [0.25, 0.3) is 22.4 Å². The van der Waals surface area contributed by atoms with Crippen LogP contribution in [-0.2, 0) is 22.5 Å². The largest absolute Gasteiger partial charge is 0.480 e. The zero-order valence-electron chi connectivity index (χ0n) is 21.1. The Hall–Kier alpha value is -2.64. The van der Waals surface area contributed by atoms with Gasteiger partial charge in [0.1, 0.15) is 18.1 Å². The van der Waals surface area contributed by atoms with Crippen LogP contribution in [0.5, 0.6) is 0 Å². The number of ether oxygens (including phenoxy) is 1. The Labute approximate surface area is 217 Å². The molecular weight excluding hydrogens is 475 g/mol. The van der Waals surface area contributed by atoms with E-state index in [9.17, 15) is 4.79 Å². The summed E-state index contributed by atoms with van der Waals surface area (Å²) in [5.74, 6) is 0.726. The molecule has 1 heterocycles. The van der Waals surface area contributed by atoms with Crippen molar-refractivity contribution >= 4 is 17.7 Å². The zero-order valence-corrected chi connectivity index (χ0v) is 21.9. The van der Waals surface area contributed by atoms with E-state index < -0.39 is 5.97 Å². The van der Waals surface area contributed by atoms with Crippen LogP contribution in [0.3, 0.4) is 0 Å². The summed E-state index contributed by atoms with van der Waals surface area (Å²) >= 11 is 1.79. The molecule has 36 heavy (non-hydrogen) atoms. The number of aryl methyl sites for hydroxylation is 1. The normalized spacial score (nSPS) is 17.9. The van der Waals surface area contributed by atoms with Crippen LogP contribution in [0.4, 0.5) is 4.39 Å². The molecular formula is C29H35FN2O3S. The number of carbonyl (C=O) groups is 1. The lowest BCUT2D eigenvalue weighted by molar-refractivity contribution is -0.142. The van der Waals surface area contributed by atoms with E-state index in [1.54, 1.807) is 11.8 Å². The first-order chi connectivity index (χ1) is 17.5. The summed E-state index contributed by atoms with van der Waals surface area (Å²) in [4.78, 5) is 10.7. The van der Waals surface area contributed by atoms with E-state index in [1.165, 1.54) is 0 Å². The number of halogens is 1. The number of aliphatic carboxylic acids is 1. The highest BCUT2D eigenvalue weighted by atomic mass is 32.2. The number of carboxylic acids is 1. The van der Waals surface area contributed by atoms with E-state index in [2.05, 4.69) is 10.9 Å². The van der Waals surface area contributed by atoms with E-state index >= 15 is 4.39 Å². The molecule has 1 fully saturated rings. The molecule has 0 saturated heterocycles. The fourth-order valence-corrected chi connectivity index (χ4v) is 5.56. The maximum atomic E-state index is 15.5. The van der Waals surface area contributed by atoms with E-state index in [1.807, 2.05) is 55.5 Å². The van der Waals surface area contributed by atoms with Crippen molar-refractivity contribution in [1.29, 1.82) is 0 Å².